The van der Waals surface area contributed by atoms with Crippen LogP contribution in [0.3, 0.4) is 0 Å². The third-order valence-electron chi connectivity index (χ3n) is 4.94. The van der Waals surface area contributed by atoms with E-state index in [0.29, 0.717) is 45.5 Å². The van der Waals surface area contributed by atoms with Crippen LogP contribution >= 0.6 is 11.8 Å². The Morgan fingerprint density at radius 2 is 1.82 bits per heavy atom. The van der Waals surface area contributed by atoms with Crippen molar-refractivity contribution in [2.24, 2.45) is 0 Å². The number of hydrogen-bond acceptors (Lipinski definition) is 8. The highest BCUT2D eigenvalue weighted by Gasteiger charge is 2.17. The van der Waals surface area contributed by atoms with Crippen molar-refractivity contribution in [3.05, 3.63) is 88.3 Å². The molecule has 0 spiro atoms. The molecule has 0 saturated heterocycles. The Labute approximate surface area is 202 Å². The molecule has 0 aliphatic heterocycles. The number of aliphatic hydroxyl groups is 1. The number of allylic oxidation sites excluding steroid dienone is 1. The fourth-order valence-electron chi connectivity index (χ4n) is 3.07. The fraction of sp³-hybridized carbons (Fsp3) is 0.200. The highest BCUT2D eigenvalue weighted by molar-refractivity contribution is 8.17. The molecule has 2 aromatic carbocycles. The van der Waals surface area contributed by atoms with E-state index in [1.807, 2.05) is 30.3 Å². The predicted molar refractivity (Wildman–Crippen MR) is 132 cm³/mol. The van der Waals surface area contributed by atoms with Crippen molar-refractivity contribution in [2.75, 3.05) is 12.3 Å². The van der Waals surface area contributed by atoms with Crippen molar-refractivity contribution in [3.8, 4) is 11.5 Å². The molecular formula is C25H26N4O4S. The number of amides is 1. The SMILES string of the molecule is C/C(=C(\CCO)SC(=O)c1ccc(Oc2ccccc2)cc1)N(C=O)Cc1cnc(C)nc1N. The van der Waals surface area contributed by atoms with E-state index in [1.54, 1.807) is 44.3 Å². The molecule has 0 saturated carbocycles. The number of carbonyl (C=O) groups is 2. The standard InChI is InChI=1S/C25H26N4O4S/c1-17(29(16-31)15-20-14-27-18(2)28-24(20)26)23(12-13-30)34-25(32)19-8-10-22(11-9-19)33-21-6-4-3-5-7-21/h3-11,14,16,30H,12-13,15H2,1-2H3,(H2,26,27,28)/b23-17-. The number of carbonyl (C=O) groups excluding carboxylic acids is 2. The van der Waals surface area contributed by atoms with Crippen LogP contribution in [0.15, 0.2) is 71.4 Å². The molecule has 0 aliphatic rings. The first kappa shape index (κ1) is 24.9. The van der Waals surface area contributed by atoms with E-state index < -0.39 is 0 Å². The summed E-state index contributed by atoms with van der Waals surface area (Å²) >= 11 is 0.978. The number of nitrogens with two attached hydrogens (primary N) is 1. The summed E-state index contributed by atoms with van der Waals surface area (Å²) in [5.74, 6) is 2.14. The number of benzene rings is 2. The molecule has 8 nitrogen and oxygen atoms in total. The van der Waals surface area contributed by atoms with E-state index in [1.165, 1.54) is 4.90 Å². The van der Waals surface area contributed by atoms with Gasteiger partial charge in [-0.05, 0) is 62.0 Å². The summed E-state index contributed by atoms with van der Waals surface area (Å²) in [7, 11) is 0. The normalized spacial score (nSPS) is 11.5. The van der Waals surface area contributed by atoms with Crippen molar-refractivity contribution in [2.45, 2.75) is 26.8 Å². The highest BCUT2D eigenvalue weighted by Crippen LogP contribution is 2.30. The van der Waals surface area contributed by atoms with E-state index in [0.717, 1.165) is 11.8 Å². The Morgan fingerprint density at radius 1 is 1.15 bits per heavy atom. The van der Waals surface area contributed by atoms with Gasteiger partial charge in [-0.25, -0.2) is 9.97 Å². The number of para-hydroxylation sites is 1. The molecule has 3 N–H and O–H groups in total. The van der Waals surface area contributed by atoms with Crippen molar-refractivity contribution in [1.82, 2.24) is 14.9 Å². The summed E-state index contributed by atoms with van der Waals surface area (Å²) in [6, 6.07) is 16.2. The van der Waals surface area contributed by atoms with Crippen molar-refractivity contribution in [3.63, 3.8) is 0 Å². The molecular weight excluding hydrogens is 452 g/mol. The fourth-order valence-corrected chi connectivity index (χ4v) is 4.01. The summed E-state index contributed by atoms with van der Waals surface area (Å²) in [6.07, 6.45) is 2.46. The largest absolute Gasteiger partial charge is 0.457 e. The number of rotatable bonds is 10. The van der Waals surface area contributed by atoms with Crippen LogP contribution in [-0.2, 0) is 11.3 Å². The predicted octanol–water partition coefficient (Wildman–Crippen LogP) is 4.31. The number of anilines is 1. The van der Waals surface area contributed by atoms with Crippen LogP contribution in [-0.4, -0.2) is 38.1 Å². The number of hydrogen-bond donors (Lipinski definition) is 2. The lowest BCUT2D eigenvalue weighted by Crippen LogP contribution is -2.22. The molecule has 3 aromatic rings. The molecule has 0 fully saturated rings. The summed E-state index contributed by atoms with van der Waals surface area (Å²) in [5, 5.41) is 9.33. The molecule has 0 aliphatic carbocycles. The molecule has 3 rings (SSSR count). The second-order valence-corrected chi connectivity index (χ2v) is 8.44. The van der Waals surface area contributed by atoms with Gasteiger partial charge in [0.2, 0.25) is 11.5 Å². The van der Waals surface area contributed by atoms with Gasteiger partial charge in [0.15, 0.2) is 0 Å². The lowest BCUT2D eigenvalue weighted by Gasteiger charge is -2.22. The number of aromatic nitrogens is 2. The molecule has 1 aromatic heterocycles. The first-order chi connectivity index (χ1) is 16.4. The Bertz CT molecular complexity index is 1170. The Balaban J connectivity index is 1.75. The Kier molecular flexibility index (Phi) is 8.78. The van der Waals surface area contributed by atoms with Crippen molar-refractivity contribution >= 4 is 29.1 Å². The maximum Gasteiger partial charge on any atom is 0.223 e. The highest BCUT2D eigenvalue weighted by atomic mass is 32.2. The molecule has 1 amide bonds. The monoisotopic (exact) mass is 478 g/mol. The van der Waals surface area contributed by atoms with Crippen LogP contribution in [0.1, 0.15) is 35.1 Å². The van der Waals surface area contributed by atoms with E-state index >= 15 is 0 Å². The summed E-state index contributed by atoms with van der Waals surface area (Å²) < 4.78 is 5.76. The number of aliphatic hydroxyl groups excluding tert-OH is 1. The quantitative estimate of drug-likeness (QED) is 0.414. The average molecular weight is 479 g/mol. The van der Waals surface area contributed by atoms with Gasteiger partial charge in [-0.2, -0.15) is 0 Å². The molecule has 0 radical (unpaired) electrons. The van der Waals surface area contributed by atoms with Gasteiger partial charge in [0.1, 0.15) is 23.1 Å². The van der Waals surface area contributed by atoms with Gasteiger partial charge in [0.25, 0.3) is 0 Å². The van der Waals surface area contributed by atoms with Gasteiger partial charge < -0.3 is 20.5 Å². The summed E-state index contributed by atoms with van der Waals surface area (Å²) in [5.41, 5.74) is 7.57. The maximum atomic E-state index is 12.9. The zero-order valence-electron chi connectivity index (χ0n) is 19.0. The second kappa shape index (κ2) is 12.0. The van der Waals surface area contributed by atoms with Gasteiger partial charge in [0, 0.05) is 41.0 Å². The minimum absolute atomic E-state index is 0.149. The first-order valence-electron chi connectivity index (χ1n) is 10.6. The molecule has 9 heteroatoms. The lowest BCUT2D eigenvalue weighted by atomic mass is 10.2. The van der Waals surface area contributed by atoms with Crippen molar-refractivity contribution < 1.29 is 19.4 Å². The summed E-state index contributed by atoms with van der Waals surface area (Å²) in [4.78, 5) is 35.0. The molecule has 0 atom stereocenters. The molecule has 0 unspecified atom stereocenters. The van der Waals surface area contributed by atoms with Gasteiger partial charge in [0.05, 0.1) is 6.54 Å². The van der Waals surface area contributed by atoms with Crippen LogP contribution in [0, 0.1) is 6.92 Å². The first-order valence-corrected chi connectivity index (χ1v) is 11.4. The zero-order valence-corrected chi connectivity index (χ0v) is 19.8. The van der Waals surface area contributed by atoms with E-state index in [2.05, 4.69) is 9.97 Å². The van der Waals surface area contributed by atoms with E-state index in [-0.39, 0.29) is 30.5 Å². The topological polar surface area (TPSA) is 119 Å². The molecule has 176 valence electrons. The van der Waals surface area contributed by atoms with Crippen LogP contribution in [0.2, 0.25) is 0 Å². The number of nitrogen functional groups attached to an aromatic ring is 1. The second-order valence-electron chi connectivity index (χ2n) is 7.37. The van der Waals surface area contributed by atoms with Gasteiger partial charge in [-0.1, -0.05) is 18.2 Å². The van der Waals surface area contributed by atoms with Crippen LogP contribution in [0.25, 0.3) is 0 Å². The maximum absolute atomic E-state index is 12.9. The third kappa shape index (κ3) is 6.66. The Morgan fingerprint density at radius 3 is 2.44 bits per heavy atom. The minimum atomic E-state index is -0.210. The van der Waals surface area contributed by atoms with Crippen LogP contribution in [0.5, 0.6) is 11.5 Å². The van der Waals surface area contributed by atoms with E-state index in [4.69, 9.17) is 10.5 Å². The van der Waals surface area contributed by atoms with Gasteiger partial charge in [-0.3, -0.25) is 9.59 Å². The lowest BCUT2D eigenvalue weighted by molar-refractivity contribution is -0.116. The molecule has 34 heavy (non-hydrogen) atoms. The Hall–Kier alpha value is -3.69. The van der Waals surface area contributed by atoms with Gasteiger partial charge >= 0.3 is 0 Å². The number of nitrogens with zero attached hydrogens (tertiary/aromatic N) is 3. The summed E-state index contributed by atoms with van der Waals surface area (Å²) in [6.45, 7) is 3.43. The molecule has 0 bridgehead atoms. The van der Waals surface area contributed by atoms with Crippen LogP contribution in [0.4, 0.5) is 5.82 Å². The van der Waals surface area contributed by atoms with E-state index in [9.17, 15) is 14.7 Å². The third-order valence-corrected chi connectivity index (χ3v) is 6.11. The smallest absolute Gasteiger partial charge is 0.223 e. The van der Waals surface area contributed by atoms with Crippen molar-refractivity contribution in [1.29, 1.82) is 0 Å². The van der Waals surface area contributed by atoms with Gasteiger partial charge in [-0.15, -0.1) is 0 Å². The average Bonchev–Trinajstić information content (AvgIpc) is 2.84. The number of aryl methyl sites for hydroxylation is 1. The number of ether oxygens (including phenoxy) is 1. The number of thioether (sulfide) groups is 1. The minimum Gasteiger partial charge on any atom is -0.457 e. The zero-order chi connectivity index (χ0) is 24.5. The molecule has 1 heterocycles. The van der Waals surface area contributed by atoms with Crippen LogP contribution < -0.4 is 10.5 Å².